The van der Waals surface area contributed by atoms with Crippen LogP contribution in [0.3, 0.4) is 0 Å². The van der Waals surface area contributed by atoms with Crippen molar-refractivity contribution in [1.29, 1.82) is 0 Å². The minimum Gasteiger partial charge on any atom is -0.595 e. The maximum Gasteiger partial charge on any atom is 0.171 e. The molecule has 1 unspecified atom stereocenters. The van der Waals surface area contributed by atoms with Gasteiger partial charge in [0.2, 0.25) is 0 Å². The molecule has 1 aromatic carbocycles. The highest BCUT2D eigenvalue weighted by atomic mass is 35.5. The summed E-state index contributed by atoms with van der Waals surface area (Å²) in [7, 11) is 0. The first-order valence-corrected chi connectivity index (χ1v) is 5.67. The first-order chi connectivity index (χ1) is 8.68. The number of nitrogens with zero attached hydrogens (tertiary/aromatic N) is 1. The fourth-order valence-electron chi connectivity index (χ4n) is 1.53. The predicted molar refractivity (Wildman–Crippen MR) is 70.2 cm³/mol. The highest BCUT2D eigenvalue weighted by Gasteiger charge is 2.07. The number of benzene rings is 1. The van der Waals surface area contributed by atoms with Crippen LogP contribution in [0.25, 0.3) is 11.1 Å². The van der Waals surface area contributed by atoms with Gasteiger partial charge in [0, 0.05) is 17.8 Å². The van der Waals surface area contributed by atoms with Gasteiger partial charge in [0.1, 0.15) is 0 Å². The van der Waals surface area contributed by atoms with E-state index in [1.54, 1.807) is 42.6 Å². The lowest BCUT2D eigenvalue weighted by atomic mass is 10.1. The van der Waals surface area contributed by atoms with E-state index in [1.165, 1.54) is 6.07 Å². The molecule has 18 heavy (non-hydrogen) atoms. The Morgan fingerprint density at radius 3 is 2.61 bits per heavy atom. The van der Waals surface area contributed by atoms with E-state index in [1.807, 2.05) is 6.07 Å². The van der Waals surface area contributed by atoms with Gasteiger partial charge in [0.15, 0.2) is 5.69 Å². The molecule has 0 aliphatic rings. The van der Waals surface area contributed by atoms with Gasteiger partial charge in [-0.25, -0.2) is 5.21 Å². The van der Waals surface area contributed by atoms with Crippen molar-refractivity contribution in [2.45, 2.75) is 0 Å². The average Bonchev–Trinajstić information content (AvgIpc) is 2.40. The van der Waals surface area contributed by atoms with Crippen LogP contribution in [-0.4, -0.2) is 10.2 Å². The molecule has 0 amide bonds. The van der Waals surface area contributed by atoms with Gasteiger partial charge in [-0.05, 0) is 24.3 Å². The monoisotopic (exact) mass is 262 g/mol. The molecule has 92 valence electrons. The van der Waals surface area contributed by atoms with E-state index in [4.69, 9.17) is 16.8 Å². The number of halogens is 1. The normalized spacial score (nSPS) is 13.4. The van der Waals surface area contributed by atoms with Crippen LogP contribution in [0.15, 0.2) is 48.7 Å². The maximum atomic E-state index is 11.1. The molecule has 0 radical (unpaired) electrons. The second-order valence-corrected chi connectivity index (χ2v) is 4.01. The molecule has 2 aromatic rings. The van der Waals surface area contributed by atoms with Crippen LogP contribution in [0.2, 0.25) is 0 Å². The number of aromatic nitrogens is 1. The Bertz CT molecular complexity index is 556. The van der Waals surface area contributed by atoms with Gasteiger partial charge in [-0.2, -0.15) is 5.23 Å². The lowest BCUT2D eigenvalue weighted by Gasteiger charge is -2.13. The summed E-state index contributed by atoms with van der Waals surface area (Å²) < 4.78 is 0. The lowest BCUT2D eigenvalue weighted by Crippen LogP contribution is -2.99. The predicted octanol–water partition coefficient (Wildman–Crippen LogP) is 2.22. The molecule has 0 spiro atoms. The van der Waals surface area contributed by atoms with E-state index in [2.05, 4.69) is 4.98 Å². The number of hydrogen-bond acceptors (Lipinski definition) is 3. The maximum absolute atomic E-state index is 11.1. The van der Waals surface area contributed by atoms with Crippen molar-refractivity contribution in [3.8, 4) is 0 Å². The van der Waals surface area contributed by atoms with Gasteiger partial charge >= 0.3 is 0 Å². The summed E-state index contributed by atoms with van der Waals surface area (Å²) >= 11 is 6.12. The summed E-state index contributed by atoms with van der Waals surface area (Å²) in [6.07, 6.45) is 3.24. The minimum atomic E-state index is -0.979. The Morgan fingerprint density at radius 2 is 1.94 bits per heavy atom. The molecule has 0 bridgehead atoms. The second kappa shape index (κ2) is 5.75. The standard InChI is InChI=1S/C13H11ClN2O2/c14-11(12-6-3-4-8-15-12)9-10-5-1-2-7-13(10)16(17)18/h1-9,16-17H. The van der Waals surface area contributed by atoms with E-state index in [0.29, 0.717) is 16.3 Å². The summed E-state index contributed by atoms with van der Waals surface area (Å²) in [6, 6.07) is 12.1. The van der Waals surface area contributed by atoms with Crippen LogP contribution in [0, 0.1) is 5.21 Å². The zero-order valence-corrected chi connectivity index (χ0v) is 10.1. The van der Waals surface area contributed by atoms with Gasteiger partial charge in [0.25, 0.3) is 0 Å². The van der Waals surface area contributed by atoms with Crippen LogP contribution >= 0.6 is 11.6 Å². The molecule has 1 heterocycles. The molecule has 2 N–H and O–H groups in total. The smallest absolute Gasteiger partial charge is 0.171 e. The number of pyridine rings is 1. The highest BCUT2D eigenvalue weighted by Crippen LogP contribution is 2.22. The number of rotatable bonds is 3. The molecule has 5 heteroatoms. The Balaban J connectivity index is 2.39. The molecule has 0 aliphatic carbocycles. The van der Waals surface area contributed by atoms with Gasteiger partial charge in [0.05, 0.1) is 10.7 Å². The molecule has 0 saturated carbocycles. The van der Waals surface area contributed by atoms with Gasteiger partial charge in [-0.15, -0.1) is 0 Å². The highest BCUT2D eigenvalue weighted by molar-refractivity contribution is 6.51. The fraction of sp³-hybridized carbons (Fsp3) is 0. The average molecular weight is 263 g/mol. The molecule has 0 aliphatic heterocycles. The third kappa shape index (κ3) is 2.94. The van der Waals surface area contributed by atoms with Crippen molar-refractivity contribution in [3.63, 3.8) is 0 Å². The topological polar surface area (TPSA) is 60.6 Å². The van der Waals surface area contributed by atoms with Crippen LogP contribution < -0.4 is 5.23 Å². The van der Waals surface area contributed by atoms with Crippen molar-refractivity contribution in [3.05, 3.63) is 65.1 Å². The first-order valence-electron chi connectivity index (χ1n) is 5.29. The van der Waals surface area contributed by atoms with Crippen molar-refractivity contribution >= 4 is 28.4 Å². The van der Waals surface area contributed by atoms with E-state index in [9.17, 15) is 5.21 Å². The van der Waals surface area contributed by atoms with Crippen molar-refractivity contribution in [2.75, 3.05) is 0 Å². The Kier molecular flexibility index (Phi) is 4.07. The van der Waals surface area contributed by atoms with Crippen LogP contribution in [0.5, 0.6) is 0 Å². The van der Waals surface area contributed by atoms with Crippen LogP contribution in [0.4, 0.5) is 5.69 Å². The zero-order chi connectivity index (χ0) is 13.0. The first kappa shape index (κ1) is 12.7. The largest absolute Gasteiger partial charge is 0.595 e. The molecular weight excluding hydrogens is 252 g/mol. The summed E-state index contributed by atoms with van der Waals surface area (Å²) in [6.45, 7) is 0. The molecule has 4 nitrogen and oxygen atoms in total. The fourth-order valence-corrected chi connectivity index (χ4v) is 1.76. The third-order valence-electron chi connectivity index (χ3n) is 2.38. The second-order valence-electron chi connectivity index (χ2n) is 3.60. The molecular formula is C13H11ClN2O2. The van der Waals surface area contributed by atoms with Gasteiger partial charge in [-0.1, -0.05) is 29.8 Å². The molecule has 0 fully saturated rings. The minimum absolute atomic E-state index is 0.214. The summed E-state index contributed by atoms with van der Waals surface area (Å²) in [5, 5.41) is 19.5. The van der Waals surface area contributed by atoms with Crippen molar-refractivity contribution in [2.24, 2.45) is 0 Å². The summed E-state index contributed by atoms with van der Waals surface area (Å²) in [4.78, 5) is 4.10. The van der Waals surface area contributed by atoms with Gasteiger partial charge < -0.3 is 5.21 Å². The SMILES string of the molecule is [O-][NH+](O)c1ccccc1C=C(Cl)c1ccccn1. The number of para-hydroxylation sites is 1. The summed E-state index contributed by atoms with van der Waals surface area (Å²) in [5.74, 6) is 0. The number of nitrogens with one attached hydrogen (secondary N) is 1. The van der Waals surface area contributed by atoms with Crippen LogP contribution in [0.1, 0.15) is 11.3 Å². The number of quaternary nitrogens is 1. The van der Waals surface area contributed by atoms with Crippen LogP contribution in [-0.2, 0) is 0 Å². The molecule has 1 atom stereocenters. The molecule has 1 aromatic heterocycles. The van der Waals surface area contributed by atoms with Crippen molar-refractivity contribution in [1.82, 2.24) is 4.98 Å². The third-order valence-corrected chi connectivity index (χ3v) is 2.69. The Morgan fingerprint density at radius 1 is 1.22 bits per heavy atom. The van der Waals surface area contributed by atoms with E-state index >= 15 is 0 Å². The lowest BCUT2D eigenvalue weighted by molar-refractivity contribution is -0.991. The molecule has 0 saturated heterocycles. The van der Waals surface area contributed by atoms with E-state index in [-0.39, 0.29) is 5.69 Å². The van der Waals surface area contributed by atoms with E-state index in [0.717, 1.165) is 0 Å². The van der Waals surface area contributed by atoms with E-state index < -0.39 is 5.23 Å². The molecule has 2 rings (SSSR count). The number of hydrogen-bond donors (Lipinski definition) is 2. The van der Waals surface area contributed by atoms with Gasteiger partial charge in [-0.3, -0.25) is 4.98 Å². The quantitative estimate of drug-likeness (QED) is 0.834. The Hall–Kier alpha value is -1.72. The summed E-state index contributed by atoms with van der Waals surface area (Å²) in [5.41, 5.74) is 1.38. The Labute approximate surface area is 109 Å². The van der Waals surface area contributed by atoms with Crippen molar-refractivity contribution < 1.29 is 10.4 Å². The zero-order valence-electron chi connectivity index (χ0n) is 9.38.